The lowest BCUT2D eigenvalue weighted by Gasteiger charge is -2.24. The van der Waals surface area contributed by atoms with Gasteiger partial charge in [0.1, 0.15) is 5.82 Å². The van der Waals surface area contributed by atoms with Gasteiger partial charge in [-0.25, -0.2) is 9.78 Å². The topological polar surface area (TPSA) is 73.6 Å². The largest absolute Gasteiger partial charge is 0.478 e. The fourth-order valence-electron chi connectivity index (χ4n) is 2.72. The molecule has 3 rings (SSSR count). The molecule has 0 bridgehead atoms. The third kappa shape index (κ3) is 2.64. The number of carbonyl (C=O) groups is 1. The van der Waals surface area contributed by atoms with Crippen molar-refractivity contribution in [2.45, 2.75) is 26.0 Å². The van der Waals surface area contributed by atoms with E-state index in [-0.39, 0.29) is 11.7 Å². The minimum Gasteiger partial charge on any atom is -0.478 e. The average molecular weight is 290 g/mol. The van der Waals surface area contributed by atoms with Crippen molar-refractivity contribution in [3.05, 3.63) is 29.6 Å². The number of aromatic nitrogens is 2. The van der Waals surface area contributed by atoms with Gasteiger partial charge in [0.2, 0.25) is 0 Å². The number of imidazole rings is 1. The lowest BCUT2D eigenvalue weighted by Crippen LogP contribution is -2.32. The zero-order valence-corrected chi connectivity index (χ0v) is 11.9. The predicted molar refractivity (Wildman–Crippen MR) is 76.6 cm³/mol. The van der Waals surface area contributed by atoms with Gasteiger partial charge in [-0.15, -0.1) is 0 Å². The number of rotatable bonds is 4. The van der Waals surface area contributed by atoms with E-state index >= 15 is 0 Å². The number of benzene rings is 1. The summed E-state index contributed by atoms with van der Waals surface area (Å²) in [6.07, 6.45) is 0.671. The van der Waals surface area contributed by atoms with Gasteiger partial charge in [-0.1, -0.05) is 13.0 Å². The predicted octanol–water partition coefficient (Wildman–Crippen LogP) is 1.71. The molecule has 6 heteroatoms. The molecule has 2 aromatic rings. The Labute approximate surface area is 122 Å². The second kappa shape index (κ2) is 5.83. The molecule has 1 atom stereocenters. The molecule has 1 fully saturated rings. The van der Waals surface area contributed by atoms with Crippen LogP contribution in [0.4, 0.5) is 0 Å². The highest BCUT2D eigenvalue weighted by Gasteiger charge is 2.21. The van der Waals surface area contributed by atoms with Gasteiger partial charge in [-0.3, -0.25) is 0 Å². The van der Waals surface area contributed by atoms with Gasteiger partial charge in [-0.05, 0) is 12.1 Å². The summed E-state index contributed by atoms with van der Waals surface area (Å²) in [5.74, 6) is -0.0712. The first-order valence-corrected chi connectivity index (χ1v) is 7.11. The van der Waals surface area contributed by atoms with E-state index < -0.39 is 5.97 Å². The second-order valence-electron chi connectivity index (χ2n) is 5.04. The molecule has 0 amide bonds. The van der Waals surface area contributed by atoms with Crippen molar-refractivity contribution >= 4 is 17.0 Å². The molecule has 21 heavy (non-hydrogen) atoms. The second-order valence-corrected chi connectivity index (χ2v) is 5.04. The van der Waals surface area contributed by atoms with Crippen LogP contribution in [-0.4, -0.2) is 46.6 Å². The SMILES string of the molecule is CCc1nc2cccc(C(=O)O)c2n1CC1COCCO1. The van der Waals surface area contributed by atoms with Crippen molar-refractivity contribution in [3.63, 3.8) is 0 Å². The van der Waals surface area contributed by atoms with Gasteiger partial charge in [-0.2, -0.15) is 0 Å². The first-order valence-electron chi connectivity index (χ1n) is 7.11. The summed E-state index contributed by atoms with van der Waals surface area (Å²) in [4.78, 5) is 16.0. The Kier molecular flexibility index (Phi) is 3.90. The first-order chi connectivity index (χ1) is 10.2. The fourth-order valence-corrected chi connectivity index (χ4v) is 2.72. The van der Waals surface area contributed by atoms with E-state index in [1.54, 1.807) is 12.1 Å². The van der Waals surface area contributed by atoms with E-state index in [4.69, 9.17) is 9.47 Å². The maximum atomic E-state index is 11.5. The molecule has 1 unspecified atom stereocenters. The van der Waals surface area contributed by atoms with Gasteiger partial charge < -0.3 is 19.1 Å². The number of carboxylic acids is 1. The van der Waals surface area contributed by atoms with Crippen LogP contribution in [0.2, 0.25) is 0 Å². The van der Waals surface area contributed by atoms with Gasteiger partial charge in [0, 0.05) is 6.42 Å². The van der Waals surface area contributed by atoms with Crippen molar-refractivity contribution in [1.82, 2.24) is 9.55 Å². The Balaban J connectivity index is 2.07. The van der Waals surface area contributed by atoms with Crippen LogP contribution in [-0.2, 0) is 22.4 Å². The molecule has 2 heterocycles. The number of para-hydroxylation sites is 1. The van der Waals surface area contributed by atoms with Crippen molar-refractivity contribution in [3.8, 4) is 0 Å². The van der Waals surface area contributed by atoms with E-state index in [2.05, 4.69) is 4.98 Å². The van der Waals surface area contributed by atoms with E-state index in [1.807, 2.05) is 17.6 Å². The van der Waals surface area contributed by atoms with Crippen molar-refractivity contribution < 1.29 is 19.4 Å². The average Bonchev–Trinajstić information content (AvgIpc) is 2.86. The molecular weight excluding hydrogens is 272 g/mol. The highest BCUT2D eigenvalue weighted by Crippen LogP contribution is 2.22. The Morgan fingerprint density at radius 1 is 1.48 bits per heavy atom. The molecule has 1 aliphatic heterocycles. The number of hydrogen-bond acceptors (Lipinski definition) is 4. The Bertz CT molecular complexity index is 659. The van der Waals surface area contributed by atoms with Gasteiger partial charge >= 0.3 is 5.97 Å². The number of hydrogen-bond donors (Lipinski definition) is 1. The lowest BCUT2D eigenvalue weighted by atomic mass is 10.2. The van der Waals surface area contributed by atoms with Crippen LogP contribution in [0, 0.1) is 0 Å². The molecule has 0 radical (unpaired) electrons. The maximum Gasteiger partial charge on any atom is 0.337 e. The third-order valence-corrected chi connectivity index (χ3v) is 3.66. The van der Waals surface area contributed by atoms with Gasteiger partial charge in [0.25, 0.3) is 0 Å². The molecule has 112 valence electrons. The Morgan fingerprint density at radius 2 is 2.33 bits per heavy atom. The molecule has 0 saturated carbocycles. The van der Waals surface area contributed by atoms with Crippen LogP contribution in [0.3, 0.4) is 0 Å². The number of aromatic carboxylic acids is 1. The summed E-state index contributed by atoms with van der Waals surface area (Å²) >= 11 is 0. The van der Waals surface area contributed by atoms with Crippen molar-refractivity contribution in [2.24, 2.45) is 0 Å². The normalized spacial score (nSPS) is 19.0. The summed E-state index contributed by atoms with van der Waals surface area (Å²) < 4.78 is 13.1. The van der Waals surface area contributed by atoms with E-state index in [1.165, 1.54) is 0 Å². The van der Waals surface area contributed by atoms with E-state index in [0.717, 1.165) is 12.2 Å². The summed E-state index contributed by atoms with van der Waals surface area (Å²) in [5, 5.41) is 9.40. The standard InChI is InChI=1S/C15H18N2O4/c1-2-13-16-12-5-3-4-11(15(18)19)14(12)17(13)8-10-9-20-6-7-21-10/h3-5,10H,2,6-9H2,1H3,(H,18,19). The number of fused-ring (bicyclic) bond motifs is 1. The van der Waals surface area contributed by atoms with Crippen LogP contribution in [0.1, 0.15) is 23.1 Å². The molecule has 1 saturated heterocycles. The summed E-state index contributed by atoms with van der Waals surface area (Å²) in [6, 6.07) is 5.18. The summed E-state index contributed by atoms with van der Waals surface area (Å²) in [7, 11) is 0. The number of ether oxygens (including phenoxy) is 2. The van der Waals surface area contributed by atoms with Gasteiger partial charge in [0.05, 0.1) is 49.1 Å². The van der Waals surface area contributed by atoms with Crippen LogP contribution < -0.4 is 0 Å². The minimum absolute atomic E-state index is 0.0664. The molecule has 1 N–H and O–H groups in total. The zero-order chi connectivity index (χ0) is 14.8. The number of nitrogens with zero attached hydrogens (tertiary/aromatic N) is 2. The summed E-state index contributed by atoms with van der Waals surface area (Å²) in [5.41, 5.74) is 1.65. The minimum atomic E-state index is -0.940. The lowest BCUT2D eigenvalue weighted by molar-refractivity contribution is -0.0934. The molecule has 0 spiro atoms. The Morgan fingerprint density at radius 3 is 3.00 bits per heavy atom. The van der Waals surface area contributed by atoms with Crippen molar-refractivity contribution in [2.75, 3.05) is 19.8 Å². The molecule has 1 aromatic heterocycles. The van der Waals surface area contributed by atoms with Crippen LogP contribution >= 0.6 is 0 Å². The molecule has 6 nitrogen and oxygen atoms in total. The highest BCUT2D eigenvalue weighted by atomic mass is 16.6. The molecule has 1 aliphatic rings. The maximum absolute atomic E-state index is 11.5. The number of aryl methyl sites for hydroxylation is 1. The Hall–Kier alpha value is -1.92. The van der Waals surface area contributed by atoms with E-state index in [0.29, 0.717) is 37.4 Å². The van der Waals surface area contributed by atoms with Crippen LogP contribution in [0.15, 0.2) is 18.2 Å². The monoisotopic (exact) mass is 290 g/mol. The van der Waals surface area contributed by atoms with E-state index in [9.17, 15) is 9.90 Å². The summed E-state index contributed by atoms with van der Waals surface area (Å²) in [6.45, 7) is 4.28. The third-order valence-electron chi connectivity index (χ3n) is 3.66. The van der Waals surface area contributed by atoms with Crippen LogP contribution in [0.25, 0.3) is 11.0 Å². The smallest absolute Gasteiger partial charge is 0.337 e. The molecular formula is C15H18N2O4. The van der Waals surface area contributed by atoms with Gasteiger partial charge in [0.15, 0.2) is 0 Å². The highest BCUT2D eigenvalue weighted by molar-refractivity contribution is 6.01. The first kappa shape index (κ1) is 14.0. The quantitative estimate of drug-likeness (QED) is 0.928. The number of carboxylic acid groups (broad SMARTS) is 1. The fraction of sp³-hybridized carbons (Fsp3) is 0.467. The molecule has 0 aliphatic carbocycles. The molecule has 1 aromatic carbocycles. The van der Waals surface area contributed by atoms with Crippen LogP contribution in [0.5, 0.6) is 0 Å². The van der Waals surface area contributed by atoms with Crippen molar-refractivity contribution in [1.29, 1.82) is 0 Å². The zero-order valence-electron chi connectivity index (χ0n) is 11.9.